The minimum absolute atomic E-state index is 0.00399. The number of hydrogen-bond acceptors (Lipinski definition) is 3. The number of benzene rings is 1. The topological polar surface area (TPSA) is 69.6 Å². The summed E-state index contributed by atoms with van der Waals surface area (Å²) in [7, 11) is 0. The van der Waals surface area contributed by atoms with Gasteiger partial charge >= 0.3 is 11.8 Å². The number of likely N-dealkylation sites (N-methyl/N-ethyl adjacent to an activating group) is 1. The Kier molecular flexibility index (Phi) is 6.60. The average molecular weight is 264 g/mol. The maximum Gasteiger partial charge on any atom is 0.312 e. The van der Waals surface area contributed by atoms with Crippen LogP contribution < -0.4 is 5.32 Å². The van der Waals surface area contributed by atoms with Crippen LogP contribution in [0, 0.1) is 0 Å². The molecule has 0 atom stereocenters. The molecule has 0 aliphatic heterocycles. The van der Waals surface area contributed by atoms with E-state index in [0.717, 1.165) is 5.56 Å². The summed E-state index contributed by atoms with van der Waals surface area (Å²) in [6.07, 6.45) is 0.448. The maximum atomic E-state index is 11.9. The molecule has 0 radical (unpaired) electrons. The fourth-order valence-electron chi connectivity index (χ4n) is 1.63. The lowest BCUT2D eigenvalue weighted by Crippen LogP contribution is -2.43. The van der Waals surface area contributed by atoms with Crippen LogP contribution in [0.5, 0.6) is 0 Å². The molecule has 19 heavy (non-hydrogen) atoms. The molecule has 0 fully saturated rings. The molecule has 5 heteroatoms. The highest BCUT2D eigenvalue weighted by Gasteiger charge is 2.19. The second-order valence-corrected chi connectivity index (χ2v) is 4.14. The summed E-state index contributed by atoms with van der Waals surface area (Å²) in [5.41, 5.74) is 0.987. The molecule has 104 valence electrons. The molecule has 1 aromatic rings. The summed E-state index contributed by atoms with van der Waals surface area (Å²) < 4.78 is 0. The predicted octanol–water partition coefficient (Wildman–Crippen LogP) is 0.534. The van der Waals surface area contributed by atoms with Crippen molar-refractivity contribution < 1.29 is 14.7 Å². The van der Waals surface area contributed by atoms with Crippen molar-refractivity contribution in [3.8, 4) is 0 Å². The van der Waals surface area contributed by atoms with Crippen LogP contribution in [0.2, 0.25) is 0 Å². The van der Waals surface area contributed by atoms with E-state index in [0.29, 0.717) is 26.1 Å². The number of nitrogens with zero attached hydrogens (tertiary/aromatic N) is 1. The third-order valence-electron chi connectivity index (χ3n) is 2.70. The Hall–Kier alpha value is -1.88. The molecule has 1 rings (SSSR count). The Balaban J connectivity index is 2.54. The van der Waals surface area contributed by atoms with Gasteiger partial charge in [-0.3, -0.25) is 9.59 Å². The van der Waals surface area contributed by atoms with E-state index in [9.17, 15) is 9.59 Å². The molecule has 0 bridgehead atoms. The Bertz CT molecular complexity index is 406. The normalized spacial score (nSPS) is 10.0. The lowest BCUT2D eigenvalue weighted by atomic mass is 10.2. The smallest absolute Gasteiger partial charge is 0.312 e. The molecule has 0 aromatic heterocycles. The van der Waals surface area contributed by atoms with Gasteiger partial charge in [0.25, 0.3) is 0 Å². The number of aliphatic hydroxyl groups excluding tert-OH is 1. The Labute approximate surface area is 113 Å². The molecule has 0 unspecified atom stereocenters. The van der Waals surface area contributed by atoms with Crippen molar-refractivity contribution in [3.05, 3.63) is 35.9 Å². The van der Waals surface area contributed by atoms with Crippen LogP contribution >= 0.6 is 0 Å². The lowest BCUT2D eigenvalue weighted by Gasteiger charge is -2.20. The van der Waals surface area contributed by atoms with Gasteiger partial charge in [0.1, 0.15) is 0 Å². The molecule has 0 heterocycles. The third kappa shape index (κ3) is 5.09. The van der Waals surface area contributed by atoms with E-state index in [1.807, 2.05) is 37.3 Å². The van der Waals surface area contributed by atoms with Crippen molar-refractivity contribution in [3.63, 3.8) is 0 Å². The summed E-state index contributed by atoms with van der Waals surface area (Å²) in [5.74, 6) is -1.16. The zero-order valence-electron chi connectivity index (χ0n) is 11.1. The number of nitrogens with one attached hydrogen (secondary N) is 1. The first kappa shape index (κ1) is 15.2. The Morgan fingerprint density at radius 2 is 1.95 bits per heavy atom. The van der Waals surface area contributed by atoms with Gasteiger partial charge in [-0.25, -0.2) is 0 Å². The first-order chi connectivity index (χ1) is 9.19. The molecule has 0 saturated heterocycles. The highest BCUT2D eigenvalue weighted by molar-refractivity contribution is 6.34. The molecule has 0 aliphatic carbocycles. The van der Waals surface area contributed by atoms with Crippen molar-refractivity contribution in [1.82, 2.24) is 10.2 Å². The van der Waals surface area contributed by atoms with E-state index in [2.05, 4.69) is 5.32 Å². The molecule has 1 aromatic carbocycles. The first-order valence-electron chi connectivity index (χ1n) is 6.41. The monoisotopic (exact) mass is 264 g/mol. The summed E-state index contributed by atoms with van der Waals surface area (Å²) in [4.78, 5) is 25.0. The van der Waals surface area contributed by atoms with Gasteiger partial charge in [0.05, 0.1) is 0 Å². The zero-order chi connectivity index (χ0) is 14.1. The van der Waals surface area contributed by atoms with E-state index in [1.54, 1.807) is 0 Å². The summed E-state index contributed by atoms with van der Waals surface area (Å²) in [5, 5.41) is 11.1. The SMILES string of the molecule is CCN(Cc1ccccc1)C(=O)C(=O)NCCCO. The highest BCUT2D eigenvalue weighted by atomic mass is 16.3. The number of amides is 2. The van der Waals surface area contributed by atoms with Crippen molar-refractivity contribution in [2.45, 2.75) is 19.9 Å². The Morgan fingerprint density at radius 3 is 2.53 bits per heavy atom. The van der Waals surface area contributed by atoms with Gasteiger partial charge in [0.2, 0.25) is 0 Å². The minimum atomic E-state index is -0.619. The first-order valence-corrected chi connectivity index (χ1v) is 6.41. The van der Waals surface area contributed by atoms with Crippen LogP contribution in [0.3, 0.4) is 0 Å². The van der Waals surface area contributed by atoms with E-state index in [1.165, 1.54) is 4.90 Å². The molecule has 2 amide bonds. The van der Waals surface area contributed by atoms with Gasteiger partial charge in [0.15, 0.2) is 0 Å². The minimum Gasteiger partial charge on any atom is -0.396 e. The van der Waals surface area contributed by atoms with Crippen LogP contribution in [-0.2, 0) is 16.1 Å². The van der Waals surface area contributed by atoms with E-state index in [-0.39, 0.29) is 6.61 Å². The molecule has 0 aliphatic rings. The third-order valence-corrected chi connectivity index (χ3v) is 2.70. The van der Waals surface area contributed by atoms with Gasteiger partial charge in [-0.2, -0.15) is 0 Å². The van der Waals surface area contributed by atoms with E-state index >= 15 is 0 Å². The zero-order valence-corrected chi connectivity index (χ0v) is 11.1. The fraction of sp³-hybridized carbons (Fsp3) is 0.429. The number of aliphatic hydroxyl groups is 1. The van der Waals surface area contributed by atoms with Crippen LogP contribution in [0.25, 0.3) is 0 Å². The Morgan fingerprint density at radius 1 is 1.26 bits per heavy atom. The largest absolute Gasteiger partial charge is 0.396 e. The fourth-order valence-corrected chi connectivity index (χ4v) is 1.63. The van der Waals surface area contributed by atoms with Crippen molar-refractivity contribution in [1.29, 1.82) is 0 Å². The van der Waals surface area contributed by atoms with E-state index in [4.69, 9.17) is 5.11 Å². The van der Waals surface area contributed by atoms with Crippen molar-refractivity contribution in [2.24, 2.45) is 0 Å². The van der Waals surface area contributed by atoms with Crippen molar-refractivity contribution >= 4 is 11.8 Å². The van der Waals surface area contributed by atoms with Gasteiger partial charge < -0.3 is 15.3 Å². The molecular weight excluding hydrogens is 244 g/mol. The molecule has 0 spiro atoms. The number of carbonyl (C=O) groups excluding carboxylic acids is 2. The average Bonchev–Trinajstić information content (AvgIpc) is 2.45. The number of rotatable bonds is 6. The number of hydrogen-bond donors (Lipinski definition) is 2. The summed E-state index contributed by atoms with van der Waals surface area (Å²) in [6.45, 7) is 3.03. The lowest BCUT2D eigenvalue weighted by molar-refractivity contribution is -0.146. The molecular formula is C14H20N2O3. The number of carbonyl (C=O) groups is 2. The summed E-state index contributed by atoms with van der Waals surface area (Å²) in [6, 6.07) is 9.53. The molecule has 2 N–H and O–H groups in total. The quantitative estimate of drug-likeness (QED) is 0.582. The standard InChI is InChI=1S/C14H20N2O3/c1-2-16(11-12-7-4-3-5-8-12)14(19)13(18)15-9-6-10-17/h3-5,7-8,17H,2,6,9-11H2,1H3,(H,15,18). The van der Waals surface area contributed by atoms with Crippen LogP contribution in [0.15, 0.2) is 30.3 Å². The van der Waals surface area contributed by atoms with Gasteiger partial charge in [0, 0.05) is 26.2 Å². The second kappa shape index (κ2) is 8.26. The summed E-state index contributed by atoms with van der Waals surface area (Å²) >= 11 is 0. The van der Waals surface area contributed by atoms with Crippen LogP contribution in [0.1, 0.15) is 18.9 Å². The van der Waals surface area contributed by atoms with Crippen molar-refractivity contribution in [2.75, 3.05) is 19.7 Å². The van der Waals surface area contributed by atoms with Crippen LogP contribution in [0.4, 0.5) is 0 Å². The van der Waals surface area contributed by atoms with Gasteiger partial charge in [-0.05, 0) is 18.9 Å². The van der Waals surface area contributed by atoms with Gasteiger partial charge in [-0.1, -0.05) is 30.3 Å². The molecule has 5 nitrogen and oxygen atoms in total. The highest BCUT2D eigenvalue weighted by Crippen LogP contribution is 2.04. The van der Waals surface area contributed by atoms with Gasteiger partial charge in [-0.15, -0.1) is 0 Å². The molecule has 0 saturated carbocycles. The maximum absolute atomic E-state index is 11.9. The predicted molar refractivity (Wildman–Crippen MR) is 72.2 cm³/mol. The van der Waals surface area contributed by atoms with E-state index < -0.39 is 11.8 Å². The van der Waals surface area contributed by atoms with Crippen LogP contribution in [-0.4, -0.2) is 41.5 Å². The second-order valence-electron chi connectivity index (χ2n) is 4.14.